The number of rotatable bonds is 3. The first-order valence-corrected chi connectivity index (χ1v) is 9.04. The Kier molecular flexibility index (Phi) is 4.56. The third-order valence-electron chi connectivity index (χ3n) is 5.51. The lowest BCUT2D eigenvalue weighted by atomic mass is 9.98. The van der Waals surface area contributed by atoms with Gasteiger partial charge in [0, 0.05) is 5.92 Å². The summed E-state index contributed by atoms with van der Waals surface area (Å²) >= 11 is 0. The zero-order chi connectivity index (χ0) is 19.9. The van der Waals surface area contributed by atoms with Crippen LogP contribution in [0.25, 0.3) is 11.1 Å². The van der Waals surface area contributed by atoms with E-state index < -0.39 is 23.8 Å². The van der Waals surface area contributed by atoms with Gasteiger partial charge in [0.25, 0.3) is 0 Å². The van der Waals surface area contributed by atoms with Gasteiger partial charge in [0.15, 0.2) is 0 Å². The maximum atomic E-state index is 12.5. The molecule has 1 aliphatic carbocycles. The molecule has 0 saturated carbocycles. The lowest BCUT2D eigenvalue weighted by molar-refractivity contribution is -0.169. The molecular formula is C21H21NO6. The largest absolute Gasteiger partial charge is 0.467 e. The van der Waals surface area contributed by atoms with Gasteiger partial charge in [-0.3, -0.25) is 0 Å². The summed E-state index contributed by atoms with van der Waals surface area (Å²) in [6, 6.07) is 16.0. The molecule has 1 amide bonds. The summed E-state index contributed by atoms with van der Waals surface area (Å²) < 4.78 is 10.0. The average molecular weight is 383 g/mol. The number of carbonyl (C=O) groups excluding carboxylic acids is 2. The Bertz CT molecular complexity index is 883. The van der Waals surface area contributed by atoms with Crippen LogP contribution in [-0.2, 0) is 14.3 Å². The number of fused-ring (bicyclic) bond motifs is 3. The number of amides is 1. The number of aliphatic hydroxyl groups excluding tert-OH is 1. The van der Waals surface area contributed by atoms with E-state index in [-0.39, 0.29) is 25.6 Å². The number of carbonyl (C=O) groups is 2. The maximum absolute atomic E-state index is 12.5. The molecule has 146 valence electrons. The van der Waals surface area contributed by atoms with E-state index in [2.05, 4.69) is 4.74 Å². The molecule has 28 heavy (non-hydrogen) atoms. The highest BCUT2D eigenvalue weighted by atomic mass is 16.6. The minimum Gasteiger partial charge on any atom is -0.467 e. The highest BCUT2D eigenvalue weighted by Crippen LogP contribution is 2.44. The van der Waals surface area contributed by atoms with E-state index in [1.165, 1.54) is 0 Å². The van der Waals surface area contributed by atoms with Gasteiger partial charge in [-0.25, -0.2) is 9.59 Å². The van der Waals surface area contributed by atoms with E-state index in [1.807, 2.05) is 48.5 Å². The number of benzene rings is 2. The van der Waals surface area contributed by atoms with Crippen LogP contribution in [-0.4, -0.2) is 65.7 Å². The summed E-state index contributed by atoms with van der Waals surface area (Å²) in [4.78, 5) is 25.4. The smallest absolute Gasteiger partial charge is 0.409 e. The molecule has 2 aliphatic rings. The summed E-state index contributed by atoms with van der Waals surface area (Å²) in [5.41, 5.74) is 2.28. The van der Waals surface area contributed by atoms with E-state index in [0.29, 0.717) is 0 Å². The molecular weight excluding hydrogens is 362 g/mol. The first-order chi connectivity index (χ1) is 13.5. The summed E-state index contributed by atoms with van der Waals surface area (Å²) in [7, 11) is 1.11. The standard InChI is InChI=1S/C21H21NO6/c1-27-19(24)21(26)12-22(10-18(21)23)20(25)28-11-17-15-8-4-2-6-13(15)14-7-3-5-9-16(14)17/h2-9,17-18,23,26H,10-12H2,1H3/t18-,21+/m0/s1. The number of hydrogen-bond donors (Lipinski definition) is 2. The molecule has 2 aromatic carbocycles. The second kappa shape index (κ2) is 6.92. The number of esters is 1. The monoisotopic (exact) mass is 383 g/mol. The van der Waals surface area contributed by atoms with Crippen molar-refractivity contribution < 1.29 is 29.3 Å². The number of ether oxygens (including phenoxy) is 2. The van der Waals surface area contributed by atoms with E-state index in [1.54, 1.807) is 0 Å². The van der Waals surface area contributed by atoms with Gasteiger partial charge in [-0.2, -0.15) is 0 Å². The number of aliphatic hydroxyl groups is 2. The molecule has 1 heterocycles. The predicted octanol–water partition coefficient (Wildman–Crippen LogP) is 1.52. The normalized spacial score (nSPS) is 23.2. The Hall–Kier alpha value is -2.90. The first kappa shape index (κ1) is 18.5. The van der Waals surface area contributed by atoms with Crippen molar-refractivity contribution in [3.63, 3.8) is 0 Å². The quantitative estimate of drug-likeness (QED) is 0.780. The molecule has 1 saturated heterocycles. The zero-order valence-electron chi connectivity index (χ0n) is 15.4. The van der Waals surface area contributed by atoms with Crippen molar-refractivity contribution in [3.8, 4) is 11.1 Å². The van der Waals surface area contributed by atoms with Gasteiger partial charge in [-0.1, -0.05) is 48.5 Å². The van der Waals surface area contributed by atoms with Gasteiger partial charge >= 0.3 is 12.1 Å². The molecule has 4 rings (SSSR count). The molecule has 0 unspecified atom stereocenters. The van der Waals surface area contributed by atoms with Crippen molar-refractivity contribution in [1.29, 1.82) is 0 Å². The summed E-state index contributed by atoms with van der Waals surface area (Å²) in [5, 5.41) is 20.3. The lowest BCUT2D eigenvalue weighted by Gasteiger charge is -2.22. The SMILES string of the molecule is COC(=O)[C@@]1(O)CN(C(=O)OCC2c3ccccc3-c3ccccc32)C[C@@H]1O. The van der Waals surface area contributed by atoms with Crippen LogP contribution in [0.2, 0.25) is 0 Å². The molecule has 0 bridgehead atoms. The molecule has 0 radical (unpaired) electrons. The Labute approximate surface area is 162 Å². The molecule has 0 aromatic heterocycles. The van der Waals surface area contributed by atoms with Crippen LogP contribution >= 0.6 is 0 Å². The van der Waals surface area contributed by atoms with Crippen molar-refractivity contribution in [2.75, 3.05) is 26.8 Å². The molecule has 7 heteroatoms. The topological polar surface area (TPSA) is 96.3 Å². The van der Waals surface area contributed by atoms with E-state index in [4.69, 9.17) is 4.74 Å². The zero-order valence-corrected chi connectivity index (χ0v) is 15.4. The highest BCUT2D eigenvalue weighted by molar-refractivity contribution is 5.83. The Balaban J connectivity index is 1.48. The fourth-order valence-corrected chi connectivity index (χ4v) is 4.02. The summed E-state index contributed by atoms with van der Waals surface area (Å²) in [6.07, 6.45) is -2.12. The molecule has 7 nitrogen and oxygen atoms in total. The molecule has 1 fully saturated rings. The third-order valence-corrected chi connectivity index (χ3v) is 5.51. The molecule has 0 spiro atoms. The molecule has 2 aromatic rings. The predicted molar refractivity (Wildman–Crippen MR) is 99.6 cm³/mol. The van der Waals surface area contributed by atoms with Crippen molar-refractivity contribution >= 4 is 12.1 Å². The maximum Gasteiger partial charge on any atom is 0.409 e. The Morgan fingerprint density at radius 2 is 1.68 bits per heavy atom. The minimum atomic E-state index is -2.14. The van der Waals surface area contributed by atoms with Crippen LogP contribution in [0.1, 0.15) is 17.0 Å². The number of hydrogen-bond acceptors (Lipinski definition) is 6. The third kappa shape index (κ3) is 2.83. The number of β-amino-alcohol motifs (C(OH)–C–C–N with tert-alkyl or cyclic N) is 2. The van der Waals surface area contributed by atoms with E-state index in [0.717, 1.165) is 34.3 Å². The average Bonchev–Trinajstić information content (AvgIpc) is 3.21. The molecule has 1 aliphatic heterocycles. The van der Waals surface area contributed by atoms with Gasteiger partial charge in [0.05, 0.1) is 20.2 Å². The fraction of sp³-hybridized carbons (Fsp3) is 0.333. The van der Waals surface area contributed by atoms with Gasteiger partial charge in [0.1, 0.15) is 12.7 Å². The van der Waals surface area contributed by atoms with Gasteiger partial charge in [0.2, 0.25) is 5.60 Å². The fourth-order valence-electron chi connectivity index (χ4n) is 4.02. The van der Waals surface area contributed by atoms with Gasteiger partial charge in [-0.05, 0) is 22.3 Å². The Morgan fingerprint density at radius 1 is 1.11 bits per heavy atom. The number of nitrogens with zero attached hydrogens (tertiary/aromatic N) is 1. The van der Waals surface area contributed by atoms with E-state index in [9.17, 15) is 19.8 Å². The van der Waals surface area contributed by atoms with Crippen molar-refractivity contribution in [3.05, 3.63) is 59.7 Å². The number of methoxy groups -OCH3 is 1. The molecule has 2 atom stereocenters. The van der Waals surface area contributed by atoms with E-state index >= 15 is 0 Å². The summed E-state index contributed by atoms with van der Waals surface area (Å²) in [5.74, 6) is -1.07. The van der Waals surface area contributed by atoms with Crippen molar-refractivity contribution in [2.24, 2.45) is 0 Å². The van der Waals surface area contributed by atoms with Crippen molar-refractivity contribution in [2.45, 2.75) is 17.6 Å². The van der Waals surface area contributed by atoms with Gasteiger partial charge in [-0.15, -0.1) is 0 Å². The molecule has 2 N–H and O–H groups in total. The van der Waals surface area contributed by atoms with Gasteiger partial charge < -0.3 is 24.6 Å². The van der Waals surface area contributed by atoms with Crippen LogP contribution < -0.4 is 0 Å². The second-order valence-corrected chi connectivity index (χ2v) is 7.12. The lowest BCUT2D eigenvalue weighted by Crippen LogP contribution is -2.50. The minimum absolute atomic E-state index is 0.0941. The van der Waals surface area contributed by atoms with Crippen LogP contribution in [0.4, 0.5) is 4.79 Å². The summed E-state index contributed by atoms with van der Waals surface area (Å²) in [6.45, 7) is -0.462. The first-order valence-electron chi connectivity index (χ1n) is 9.04. The van der Waals surface area contributed by atoms with Crippen LogP contribution in [0.5, 0.6) is 0 Å². The highest BCUT2D eigenvalue weighted by Gasteiger charge is 2.53. The second-order valence-electron chi connectivity index (χ2n) is 7.12. The van der Waals surface area contributed by atoms with Crippen LogP contribution in [0.15, 0.2) is 48.5 Å². The van der Waals surface area contributed by atoms with Crippen LogP contribution in [0.3, 0.4) is 0 Å². The Morgan fingerprint density at radius 3 is 2.25 bits per heavy atom. The number of likely N-dealkylation sites (tertiary alicyclic amines) is 1. The van der Waals surface area contributed by atoms with Crippen molar-refractivity contribution in [1.82, 2.24) is 4.90 Å². The van der Waals surface area contributed by atoms with Crippen LogP contribution in [0, 0.1) is 0 Å².